The molecule has 0 bridgehead atoms. The van der Waals surface area contributed by atoms with Crippen LogP contribution in [-0.2, 0) is 30.3 Å². The highest BCUT2D eigenvalue weighted by Crippen LogP contribution is 2.39. The molecule has 2 aromatic carbocycles. The number of amides is 1. The van der Waals surface area contributed by atoms with Gasteiger partial charge in [0.25, 0.3) is 5.91 Å². The first-order chi connectivity index (χ1) is 16.6. The van der Waals surface area contributed by atoms with Gasteiger partial charge in [-0.05, 0) is 42.5 Å². The minimum atomic E-state index is -0.944. The zero-order chi connectivity index (χ0) is 25.5. The Hall–Kier alpha value is -4.21. The molecule has 0 fully saturated rings. The van der Waals surface area contributed by atoms with Crippen LogP contribution in [0.3, 0.4) is 0 Å². The van der Waals surface area contributed by atoms with Gasteiger partial charge in [0.15, 0.2) is 18.1 Å². The predicted molar refractivity (Wildman–Crippen MR) is 121 cm³/mol. The van der Waals surface area contributed by atoms with Crippen LogP contribution in [0.4, 0.5) is 0 Å². The summed E-state index contributed by atoms with van der Waals surface area (Å²) in [6, 6.07) is 9.84. The summed E-state index contributed by atoms with van der Waals surface area (Å²) < 4.78 is 20.2. The number of ether oxygens (including phenoxy) is 4. The number of carbonyl (C=O) groups is 5. The van der Waals surface area contributed by atoms with Crippen molar-refractivity contribution in [2.75, 3.05) is 6.61 Å². The molecule has 1 aliphatic carbocycles. The van der Waals surface area contributed by atoms with Crippen LogP contribution in [0, 0.1) is 0 Å². The molecule has 0 unspecified atom stereocenters. The molecule has 2 aromatic rings. The van der Waals surface area contributed by atoms with Gasteiger partial charge in [0, 0.05) is 20.8 Å². The van der Waals surface area contributed by atoms with Crippen LogP contribution in [0.2, 0.25) is 0 Å². The molecule has 0 aromatic heterocycles. The molecule has 1 aliphatic rings. The van der Waals surface area contributed by atoms with Crippen molar-refractivity contribution in [1.82, 2.24) is 5.32 Å². The van der Waals surface area contributed by atoms with E-state index in [1.807, 2.05) is 24.3 Å². The monoisotopic (exact) mass is 483 g/mol. The summed E-state index contributed by atoms with van der Waals surface area (Å²) in [5.41, 5.74) is 2.02. The van der Waals surface area contributed by atoms with E-state index in [4.69, 9.17) is 18.9 Å². The van der Waals surface area contributed by atoms with E-state index in [1.54, 1.807) is 0 Å². The largest absolute Gasteiger partial charge is 0.452 e. The zero-order valence-electron chi connectivity index (χ0n) is 19.5. The fraction of sp³-hybridized carbons (Fsp3) is 0.320. The summed E-state index contributed by atoms with van der Waals surface area (Å²) in [4.78, 5) is 59.7. The third-order valence-electron chi connectivity index (χ3n) is 5.05. The Kier molecular flexibility index (Phi) is 8.19. The minimum absolute atomic E-state index is 0.180. The molecule has 184 valence electrons. The highest BCUT2D eigenvalue weighted by Gasteiger charge is 2.25. The van der Waals surface area contributed by atoms with Crippen LogP contribution in [-0.4, -0.2) is 36.4 Å². The van der Waals surface area contributed by atoms with Crippen molar-refractivity contribution in [2.24, 2.45) is 0 Å². The summed E-state index contributed by atoms with van der Waals surface area (Å²) in [7, 11) is 0. The highest BCUT2D eigenvalue weighted by molar-refractivity contribution is 5.94. The normalized spacial score (nSPS) is 14.2. The Bertz CT molecular complexity index is 1130. The van der Waals surface area contributed by atoms with Crippen molar-refractivity contribution >= 4 is 29.8 Å². The van der Waals surface area contributed by atoms with Gasteiger partial charge in [-0.15, -0.1) is 0 Å². The third-order valence-corrected chi connectivity index (χ3v) is 5.05. The topological polar surface area (TPSA) is 134 Å². The molecule has 0 radical (unpaired) electrons. The lowest BCUT2D eigenvalue weighted by atomic mass is 9.88. The van der Waals surface area contributed by atoms with Crippen molar-refractivity contribution in [3.8, 4) is 17.2 Å². The predicted octanol–water partition coefficient (Wildman–Crippen LogP) is 2.81. The Balaban J connectivity index is 1.75. The van der Waals surface area contributed by atoms with Gasteiger partial charge in [-0.1, -0.05) is 24.3 Å². The Morgan fingerprint density at radius 1 is 0.886 bits per heavy atom. The van der Waals surface area contributed by atoms with Crippen LogP contribution in [0.1, 0.15) is 61.1 Å². The van der Waals surface area contributed by atoms with Gasteiger partial charge in [-0.3, -0.25) is 19.2 Å². The number of benzene rings is 2. The van der Waals surface area contributed by atoms with Crippen LogP contribution in [0.15, 0.2) is 36.4 Å². The molecule has 0 heterocycles. The lowest BCUT2D eigenvalue weighted by Gasteiger charge is -2.26. The van der Waals surface area contributed by atoms with Crippen LogP contribution < -0.4 is 19.5 Å². The maximum Gasteiger partial charge on any atom is 0.338 e. The second kappa shape index (κ2) is 11.3. The van der Waals surface area contributed by atoms with Gasteiger partial charge in [0.2, 0.25) is 5.75 Å². The van der Waals surface area contributed by atoms with Crippen LogP contribution in [0.25, 0.3) is 0 Å². The Morgan fingerprint density at radius 3 is 2.09 bits per heavy atom. The number of hydrogen-bond donors (Lipinski definition) is 1. The van der Waals surface area contributed by atoms with Crippen molar-refractivity contribution in [2.45, 2.75) is 46.1 Å². The van der Waals surface area contributed by atoms with Crippen molar-refractivity contribution in [1.29, 1.82) is 0 Å². The molecule has 0 aliphatic heterocycles. The molecule has 1 N–H and O–H groups in total. The molecule has 0 saturated carbocycles. The first-order valence-corrected chi connectivity index (χ1v) is 10.9. The summed E-state index contributed by atoms with van der Waals surface area (Å²) in [6.45, 7) is 2.74. The molecule has 10 heteroatoms. The average molecular weight is 483 g/mol. The van der Waals surface area contributed by atoms with Gasteiger partial charge in [-0.25, -0.2) is 4.79 Å². The molecule has 3 rings (SSSR count). The van der Waals surface area contributed by atoms with E-state index in [2.05, 4.69) is 5.32 Å². The van der Waals surface area contributed by atoms with E-state index in [-0.39, 0.29) is 28.9 Å². The molecule has 1 atom stereocenters. The van der Waals surface area contributed by atoms with Gasteiger partial charge in [0.1, 0.15) is 0 Å². The number of esters is 4. The number of nitrogens with one attached hydrogen (secondary N) is 1. The van der Waals surface area contributed by atoms with E-state index >= 15 is 0 Å². The second-order valence-corrected chi connectivity index (χ2v) is 7.87. The van der Waals surface area contributed by atoms with Crippen LogP contribution in [0.5, 0.6) is 17.2 Å². The smallest absolute Gasteiger partial charge is 0.338 e. The molecule has 35 heavy (non-hydrogen) atoms. The van der Waals surface area contributed by atoms with E-state index < -0.39 is 36.4 Å². The lowest BCUT2D eigenvalue weighted by molar-refractivity contribution is -0.135. The molecule has 1 amide bonds. The number of rotatable bonds is 7. The summed E-state index contributed by atoms with van der Waals surface area (Å²) in [5, 5.41) is 2.88. The quantitative estimate of drug-likeness (QED) is 0.466. The summed E-state index contributed by atoms with van der Waals surface area (Å²) >= 11 is 0. The fourth-order valence-electron chi connectivity index (χ4n) is 3.75. The number of hydrogen-bond acceptors (Lipinski definition) is 9. The summed E-state index contributed by atoms with van der Waals surface area (Å²) in [5.74, 6) is -4.77. The maximum absolute atomic E-state index is 12.7. The first-order valence-electron chi connectivity index (χ1n) is 10.9. The van der Waals surface area contributed by atoms with Gasteiger partial charge >= 0.3 is 23.9 Å². The minimum Gasteiger partial charge on any atom is -0.452 e. The zero-order valence-corrected chi connectivity index (χ0v) is 19.5. The van der Waals surface area contributed by atoms with Gasteiger partial charge < -0.3 is 24.3 Å². The second-order valence-electron chi connectivity index (χ2n) is 7.87. The van der Waals surface area contributed by atoms with Crippen LogP contribution >= 0.6 is 0 Å². The SMILES string of the molecule is CC(=O)Oc1cc(C(=O)OCC(=O)N[C@@H]2CCCc3ccccc32)cc(OC(C)=O)c1OC(C)=O. The van der Waals surface area contributed by atoms with Crippen molar-refractivity contribution < 1.29 is 42.9 Å². The number of aryl methyl sites for hydroxylation is 1. The van der Waals surface area contributed by atoms with E-state index in [9.17, 15) is 24.0 Å². The lowest BCUT2D eigenvalue weighted by Crippen LogP contribution is -2.34. The molecule has 0 spiro atoms. The molecule has 10 nitrogen and oxygen atoms in total. The van der Waals surface area contributed by atoms with Crippen molar-refractivity contribution in [3.63, 3.8) is 0 Å². The fourth-order valence-corrected chi connectivity index (χ4v) is 3.75. The molecule has 0 saturated heterocycles. The summed E-state index contributed by atoms with van der Waals surface area (Å²) in [6.07, 6.45) is 2.64. The Morgan fingerprint density at radius 2 is 1.49 bits per heavy atom. The third kappa shape index (κ3) is 6.89. The highest BCUT2D eigenvalue weighted by atomic mass is 16.6. The van der Waals surface area contributed by atoms with Gasteiger partial charge in [0.05, 0.1) is 11.6 Å². The average Bonchev–Trinajstić information content (AvgIpc) is 2.78. The van der Waals surface area contributed by atoms with E-state index in [0.717, 1.165) is 57.7 Å². The molecular formula is C25H25NO9. The number of carbonyl (C=O) groups excluding carboxylic acids is 5. The van der Waals surface area contributed by atoms with Crippen molar-refractivity contribution in [3.05, 3.63) is 53.1 Å². The molecular weight excluding hydrogens is 458 g/mol. The first kappa shape index (κ1) is 25.4. The Labute approximate surface area is 201 Å². The van der Waals surface area contributed by atoms with E-state index in [1.165, 1.54) is 5.56 Å². The van der Waals surface area contributed by atoms with Gasteiger partial charge in [-0.2, -0.15) is 0 Å². The maximum atomic E-state index is 12.7. The standard InChI is InChI=1S/C25H25NO9/c1-14(27)33-21-11-18(12-22(34-15(2)28)24(21)35-16(3)29)25(31)32-13-23(30)26-20-10-6-8-17-7-4-5-9-19(17)20/h4-5,7,9,11-12,20H,6,8,10,13H2,1-3H3,(H,26,30)/t20-/m1/s1. The van der Waals surface area contributed by atoms with E-state index in [0.29, 0.717) is 0 Å². The number of fused-ring (bicyclic) bond motifs is 1.